The van der Waals surface area contributed by atoms with Gasteiger partial charge in [0.05, 0.1) is 6.10 Å². The molecule has 4 N–H and O–H groups in total. The van der Waals surface area contributed by atoms with Crippen molar-refractivity contribution in [3.63, 3.8) is 0 Å². The number of hydrogen-bond acceptors (Lipinski definition) is 4. The topological polar surface area (TPSA) is 80.9 Å². The molecule has 1 fully saturated rings. The third-order valence-electron chi connectivity index (χ3n) is 1.88. The van der Waals surface area contributed by atoms with Crippen molar-refractivity contribution in [1.82, 2.24) is 0 Å². The van der Waals surface area contributed by atoms with Crippen LogP contribution in [-0.2, 0) is 0 Å². The number of aliphatic hydroxyl groups is 4. The molecular weight excluding hydrogens is 136 g/mol. The Balaban J connectivity index is 2.60. The molecule has 0 aromatic rings. The third-order valence-corrected chi connectivity index (χ3v) is 1.88. The molecule has 0 amide bonds. The molecule has 1 saturated carbocycles. The molecule has 0 bridgehead atoms. The maximum absolute atomic E-state index is 8.96. The fourth-order valence-corrected chi connectivity index (χ4v) is 1.19. The van der Waals surface area contributed by atoms with Crippen molar-refractivity contribution in [2.75, 3.05) is 0 Å². The average molecular weight is 148 g/mol. The average Bonchev–Trinajstić information content (AvgIpc) is 1.83. The van der Waals surface area contributed by atoms with Crippen LogP contribution in [0.15, 0.2) is 0 Å². The van der Waals surface area contributed by atoms with Crippen molar-refractivity contribution >= 4 is 0 Å². The first-order valence-corrected chi connectivity index (χ1v) is 3.35. The van der Waals surface area contributed by atoms with Gasteiger partial charge in [0.25, 0.3) is 0 Å². The van der Waals surface area contributed by atoms with Gasteiger partial charge in [-0.2, -0.15) is 0 Å². The summed E-state index contributed by atoms with van der Waals surface area (Å²) in [4.78, 5) is 0. The highest BCUT2D eigenvalue weighted by Crippen LogP contribution is 2.25. The zero-order chi connectivity index (χ0) is 7.78. The minimum atomic E-state index is -2.09. The van der Waals surface area contributed by atoms with Crippen LogP contribution in [0.25, 0.3) is 0 Å². The van der Waals surface area contributed by atoms with Crippen LogP contribution in [-0.4, -0.2) is 38.4 Å². The Hall–Kier alpha value is -0.160. The molecule has 0 aliphatic heterocycles. The van der Waals surface area contributed by atoms with Crippen molar-refractivity contribution < 1.29 is 20.4 Å². The molecule has 0 radical (unpaired) electrons. The second-order valence-corrected chi connectivity index (χ2v) is 2.78. The second kappa shape index (κ2) is 2.47. The standard InChI is InChI=1S/C6H12O4/c7-4-2-1-3-6(9,10)5(4)8/h4-5,7-10H,1-3H2. The van der Waals surface area contributed by atoms with Gasteiger partial charge in [0.2, 0.25) is 0 Å². The molecule has 0 aromatic heterocycles. The summed E-state index contributed by atoms with van der Waals surface area (Å²) in [5, 5.41) is 35.8. The number of aliphatic hydroxyl groups excluding tert-OH is 2. The monoisotopic (exact) mass is 148 g/mol. The van der Waals surface area contributed by atoms with Crippen LogP contribution in [0.3, 0.4) is 0 Å². The van der Waals surface area contributed by atoms with Crippen LogP contribution < -0.4 is 0 Å². The highest BCUT2D eigenvalue weighted by atomic mass is 16.5. The van der Waals surface area contributed by atoms with Gasteiger partial charge in [0, 0.05) is 6.42 Å². The quantitative estimate of drug-likeness (QED) is 0.318. The number of rotatable bonds is 0. The molecular formula is C6H12O4. The number of hydrogen-bond donors (Lipinski definition) is 4. The maximum Gasteiger partial charge on any atom is 0.191 e. The molecule has 4 heteroatoms. The van der Waals surface area contributed by atoms with Crippen molar-refractivity contribution in [3.05, 3.63) is 0 Å². The van der Waals surface area contributed by atoms with Gasteiger partial charge in [0.15, 0.2) is 5.79 Å². The molecule has 0 heterocycles. The van der Waals surface area contributed by atoms with E-state index in [2.05, 4.69) is 0 Å². The van der Waals surface area contributed by atoms with E-state index in [1.54, 1.807) is 0 Å². The summed E-state index contributed by atoms with van der Waals surface area (Å²) < 4.78 is 0. The lowest BCUT2D eigenvalue weighted by Gasteiger charge is -2.35. The van der Waals surface area contributed by atoms with Gasteiger partial charge in [-0.25, -0.2) is 0 Å². The van der Waals surface area contributed by atoms with E-state index in [1.807, 2.05) is 0 Å². The van der Waals surface area contributed by atoms with Crippen molar-refractivity contribution in [2.45, 2.75) is 37.3 Å². The van der Waals surface area contributed by atoms with Crippen molar-refractivity contribution in [1.29, 1.82) is 0 Å². The second-order valence-electron chi connectivity index (χ2n) is 2.78. The van der Waals surface area contributed by atoms with Gasteiger partial charge in [-0.05, 0) is 12.8 Å². The van der Waals surface area contributed by atoms with E-state index in [-0.39, 0.29) is 6.42 Å². The van der Waals surface area contributed by atoms with E-state index in [9.17, 15) is 0 Å². The molecule has 60 valence electrons. The highest BCUT2D eigenvalue weighted by molar-refractivity contribution is 4.86. The van der Waals surface area contributed by atoms with Crippen LogP contribution in [0, 0.1) is 0 Å². The summed E-state index contributed by atoms with van der Waals surface area (Å²) in [7, 11) is 0. The van der Waals surface area contributed by atoms with E-state index in [0.29, 0.717) is 12.8 Å². The van der Waals surface area contributed by atoms with Gasteiger partial charge < -0.3 is 20.4 Å². The SMILES string of the molecule is OC1CCCC(O)(O)C1O. The minimum absolute atomic E-state index is 0.130. The summed E-state index contributed by atoms with van der Waals surface area (Å²) in [6.45, 7) is 0. The van der Waals surface area contributed by atoms with Gasteiger partial charge in [-0.15, -0.1) is 0 Å². The Kier molecular flexibility index (Phi) is 1.96. The summed E-state index contributed by atoms with van der Waals surface area (Å²) in [5.74, 6) is -2.09. The fraction of sp³-hybridized carbons (Fsp3) is 1.00. The summed E-state index contributed by atoms with van der Waals surface area (Å²) >= 11 is 0. The molecule has 2 atom stereocenters. The Bertz CT molecular complexity index is 123. The third kappa shape index (κ3) is 1.29. The maximum atomic E-state index is 8.96. The molecule has 10 heavy (non-hydrogen) atoms. The van der Waals surface area contributed by atoms with Gasteiger partial charge >= 0.3 is 0 Å². The molecule has 1 aliphatic rings. The zero-order valence-corrected chi connectivity index (χ0v) is 5.56. The normalized spacial score (nSPS) is 39.6. The first-order valence-electron chi connectivity index (χ1n) is 3.35. The lowest BCUT2D eigenvalue weighted by atomic mass is 9.89. The van der Waals surface area contributed by atoms with E-state index in [1.165, 1.54) is 0 Å². The van der Waals surface area contributed by atoms with Crippen molar-refractivity contribution in [2.24, 2.45) is 0 Å². The first kappa shape index (κ1) is 7.94. The molecule has 0 aromatic carbocycles. The summed E-state index contributed by atoms with van der Waals surface area (Å²) in [5.41, 5.74) is 0. The fourth-order valence-electron chi connectivity index (χ4n) is 1.19. The van der Waals surface area contributed by atoms with Crippen LogP contribution >= 0.6 is 0 Å². The Morgan fingerprint density at radius 2 is 1.80 bits per heavy atom. The molecule has 0 saturated heterocycles. The molecule has 0 spiro atoms. The zero-order valence-electron chi connectivity index (χ0n) is 5.56. The predicted octanol–water partition coefficient (Wildman–Crippen LogP) is -1.43. The molecule has 4 nitrogen and oxygen atoms in total. The Labute approximate surface area is 58.7 Å². The van der Waals surface area contributed by atoms with E-state index in [4.69, 9.17) is 20.4 Å². The lowest BCUT2D eigenvalue weighted by Crippen LogP contribution is -2.51. The lowest BCUT2D eigenvalue weighted by molar-refractivity contribution is -0.264. The first-order chi connectivity index (χ1) is 4.54. The molecule has 2 unspecified atom stereocenters. The predicted molar refractivity (Wildman–Crippen MR) is 33.0 cm³/mol. The van der Waals surface area contributed by atoms with Crippen LogP contribution in [0.5, 0.6) is 0 Å². The van der Waals surface area contributed by atoms with E-state index >= 15 is 0 Å². The van der Waals surface area contributed by atoms with Crippen LogP contribution in [0.1, 0.15) is 19.3 Å². The van der Waals surface area contributed by atoms with E-state index in [0.717, 1.165) is 0 Å². The van der Waals surface area contributed by atoms with Crippen LogP contribution in [0.2, 0.25) is 0 Å². The highest BCUT2D eigenvalue weighted by Gasteiger charge is 2.40. The molecule has 1 aliphatic carbocycles. The van der Waals surface area contributed by atoms with E-state index < -0.39 is 18.0 Å². The summed E-state index contributed by atoms with van der Waals surface area (Å²) in [6, 6.07) is 0. The van der Waals surface area contributed by atoms with Gasteiger partial charge in [-0.3, -0.25) is 0 Å². The van der Waals surface area contributed by atoms with Crippen molar-refractivity contribution in [3.8, 4) is 0 Å². The summed E-state index contributed by atoms with van der Waals surface area (Å²) in [6.07, 6.45) is -1.31. The largest absolute Gasteiger partial charge is 0.390 e. The van der Waals surface area contributed by atoms with Crippen LogP contribution in [0.4, 0.5) is 0 Å². The minimum Gasteiger partial charge on any atom is -0.390 e. The Morgan fingerprint density at radius 1 is 1.20 bits per heavy atom. The smallest absolute Gasteiger partial charge is 0.191 e. The molecule has 1 rings (SSSR count). The van der Waals surface area contributed by atoms with Gasteiger partial charge in [0.1, 0.15) is 6.10 Å². The Morgan fingerprint density at radius 3 is 2.20 bits per heavy atom. The van der Waals surface area contributed by atoms with Gasteiger partial charge in [-0.1, -0.05) is 0 Å².